The van der Waals surface area contributed by atoms with Gasteiger partial charge in [-0.3, -0.25) is 4.79 Å². The highest BCUT2D eigenvalue weighted by Crippen LogP contribution is 2.21. The summed E-state index contributed by atoms with van der Waals surface area (Å²) in [5, 5.41) is 3.54. The predicted molar refractivity (Wildman–Crippen MR) is 86.3 cm³/mol. The van der Waals surface area contributed by atoms with E-state index in [0.717, 1.165) is 16.3 Å². The fourth-order valence-corrected chi connectivity index (χ4v) is 2.61. The van der Waals surface area contributed by atoms with Crippen LogP contribution in [-0.4, -0.2) is 11.7 Å². The minimum absolute atomic E-state index is 0.0166. The topological polar surface area (TPSA) is 55.1 Å². The number of carbonyl (C=O) groups excluding carboxylic acids is 1. The SMILES string of the molecule is Nc1cccc(NC(=O)CCSc2ccc(Cl)cc2)c1. The molecular formula is C15H15ClN2OS. The number of benzene rings is 2. The Kier molecular flexibility index (Phi) is 5.32. The van der Waals surface area contributed by atoms with Crippen LogP contribution in [0.15, 0.2) is 53.4 Å². The predicted octanol–water partition coefficient (Wildman–Crippen LogP) is 4.04. The molecule has 2 aromatic rings. The van der Waals surface area contributed by atoms with E-state index >= 15 is 0 Å². The van der Waals surface area contributed by atoms with Gasteiger partial charge in [-0.15, -0.1) is 11.8 Å². The average Bonchev–Trinajstić information content (AvgIpc) is 2.41. The number of nitrogens with one attached hydrogen (secondary N) is 1. The Labute approximate surface area is 127 Å². The van der Waals surface area contributed by atoms with E-state index in [-0.39, 0.29) is 5.91 Å². The van der Waals surface area contributed by atoms with Crippen molar-refractivity contribution >= 4 is 40.6 Å². The first kappa shape index (κ1) is 14.8. The third kappa shape index (κ3) is 4.79. The minimum Gasteiger partial charge on any atom is -0.399 e. The van der Waals surface area contributed by atoms with Gasteiger partial charge in [-0.25, -0.2) is 0 Å². The van der Waals surface area contributed by atoms with Crippen molar-refractivity contribution in [1.29, 1.82) is 0 Å². The van der Waals surface area contributed by atoms with Gasteiger partial charge in [-0.1, -0.05) is 17.7 Å². The molecule has 20 heavy (non-hydrogen) atoms. The van der Waals surface area contributed by atoms with Crippen molar-refractivity contribution in [3.63, 3.8) is 0 Å². The van der Waals surface area contributed by atoms with Gasteiger partial charge in [0.15, 0.2) is 0 Å². The number of nitrogen functional groups attached to an aromatic ring is 1. The molecule has 0 radical (unpaired) electrons. The minimum atomic E-state index is -0.0166. The molecule has 0 atom stereocenters. The molecule has 0 aliphatic rings. The van der Waals surface area contributed by atoms with Crippen LogP contribution in [0, 0.1) is 0 Å². The van der Waals surface area contributed by atoms with Crippen LogP contribution in [0.4, 0.5) is 11.4 Å². The Morgan fingerprint density at radius 2 is 1.95 bits per heavy atom. The third-order valence-electron chi connectivity index (χ3n) is 2.58. The van der Waals surface area contributed by atoms with E-state index in [4.69, 9.17) is 17.3 Å². The summed E-state index contributed by atoms with van der Waals surface area (Å²) in [6.07, 6.45) is 0.447. The van der Waals surface area contributed by atoms with Gasteiger partial charge in [-0.2, -0.15) is 0 Å². The molecule has 5 heteroatoms. The van der Waals surface area contributed by atoms with E-state index < -0.39 is 0 Å². The van der Waals surface area contributed by atoms with Crippen LogP contribution in [0.5, 0.6) is 0 Å². The Bertz CT molecular complexity index is 587. The zero-order chi connectivity index (χ0) is 14.4. The van der Waals surface area contributed by atoms with Crippen molar-refractivity contribution in [2.45, 2.75) is 11.3 Å². The summed E-state index contributed by atoms with van der Waals surface area (Å²) in [5.41, 5.74) is 7.02. The zero-order valence-corrected chi connectivity index (χ0v) is 12.4. The fourth-order valence-electron chi connectivity index (χ4n) is 1.63. The lowest BCUT2D eigenvalue weighted by Gasteiger charge is -2.06. The number of halogens is 1. The first-order valence-electron chi connectivity index (χ1n) is 6.17. The summed E-state index contributed by atoms with van der Waals surface area (Å²) in [7, 11) is 0. The highest BCUT2D eigenvalue weighted by Gasteiger charge is 2.03. The molecule has 0 saturated carbocycles. The monoisotopic (exact) mass is 306 g/mol. The number of amides is 1. The van der Waals surface area contributed by atoms with Crippen molar-refractivity contribution in [2.75, 3.05) is 16.8 Å². The molecule has 0 spiro atoms. The van der Waals surface area contributed by atoms with Crippen LogP contribution in [0.2, 0.25) is 5.02 Å². The second-order valence-electron chi connectivity index (χ2n) is 4.23. The molecule has 2 rings (SSSR count). The molecule has 0 fully saturated rings. The molecule has 2 aromatic carbocycles. The lowest BCUT2D eigenvalue weighted by molar-refractivity contribution is -0.115. The highest BCUT2D eigenvalue weighted by atomic mass is 35.5. The van der Waals surface area contributed by atoms with Gasteiger partial charge in [0.25, 0.3) is 0 Å². The van der Waals surface area contributed by atoms with Gasteiger partial charge >= 0.3 is 0 Å². The highest BCUT2D eigenvalue weighted by molar-refractivity contribution is 7.99. The quantitative estimate of drug-likeness (QED) is 0.647. The van der Waals surface area contributed by atoms with E-state index in [9.17, 15) is 4.79 Å². The van der Waals surface area contributed by atoms with Crippen molar-refractivity contribution in [3.05, 3.63) is 53.6 Å². The van der Waals surface area contributed by atoms with E-state index in [2.05, 4.69) is 5.32 Å². The molecular weight excluding hydrogens is 292 g/mol. The Morgan fingerprint density at radius 3 is 2.65 bits per heavy atom. The van der Waals surface area contributed by atoms with Crippen molar-refractivity contribution in [1.82, 2.24) is 0 Å². The van der Waals surface area contributed by atoms with Gasteiger partial charge in [-0.05, 0) is 42.5 Å². The van der Waals surface area contributed by atoms with Crippen LogP contribution in [0.1, 0.15) is 6.42 Å². The standard InChI is InChI=1S/C15H15ClN2OS/c16-11-4-6-14(7-5-11)20-9-8-15(19)18-13-3-1-2-12(17)10-13/h1-7,10H,8-9,17H2,(H,18,19). The Balaban J connectivity index is 1.76. The number of hydrogen-bond donors (Lipinski definition) is 2. The molecule has 0 saturated heterocycles. The van der Waals surface area contributed by atoms with Crippen LogP contribution in [-0.2, 0) is 4.79 Å². The second-order valence-corrected chi connectivity index (χ2v) is 5.83. The maximum atomic E-state index is 11.8. The summed E-state index contributed by atoms with van der Waals surface area (Å²) < 4.78 is 0. The number of carbonyl (C=O) groups is 1. The van der Waals surface area contributed by atoms with Gasteiger partial charge in [0.1, 0.15) is 0 Å². The van der Waals surface area contributed by atoms with Crippen molar-refractivity contribution < 1.29 is 4.79 Å². The lowest BCUT2D eigenvalue weighted by atomic mass is 10.3. The van der Waals surface area contributed by atoms with Gasteiger partial charge in [0, 0.05) is 33.5 Å². The fraction of sp³-hybridized carbons (Fsp3) is 0.133. The number of hydrogen-bond acceptors (Lipinski definition) is 3. The van der Waals surface area contributed by atoms with Crippen LogP contribution in [0.25, 0.3) is 0 Å². The number of anilines is 2. The molecule has 104 valence electrons. The van der Waals surface area contributed by atoms with Gasteiger partial charge in [0.2, 0.25) is 5.91 Å². The normalized spacial score (nSPS) is 10.2. The summed E-state index contributed by atoms with van der Waals surface area (Å²) in [6, 6.07) is 14.7. The molecule has 0 unspecified atom stereocenters. The lowest BCUT2D eigenvalue weighted by Crippen LogP contribution is -2.12. The largest absolute Gasteiger partial charge is 0.399 e. The summed E-state index contributed by atoms with van der Waals surface area (Å²) in [4.78, 5) is 12.9. The number of rotatable bonds is 5. The van der Waals surface area contributed by atoms with Gasteiger partial charge in [0.05, 0.1) is 0 Å². The van der Waals surface area contributed by atoms with Crippen LogP contribution < -0.4 is 11.1 Å². The second kappa shape index (κ2) is 7.22. The average molecular weight is 307 g/mol. The summed E-state index contributed by atoms with van der Waals surface area (Å²) in [6.45, 7) is 0. The molecule has 0 aliphatic carbocycles. The van der Waals surface area contributed by atoms with Crippen LogP contribution >= 0.6 is 23.4 Å². The van der Waals surface area contributed by atoms with E-state index in [1.54, 1.807) is 23.9 Å². The number of thioether (sulfide) groups is 1. The smallest absolute Gasteiger partial charge is 0.225 e. The summed E-state index contributed by atoms with van der Waals surface area (Å²) >= 11 is 7.44. The Hall–Kier alpha value is -1.65. The van der Waals surface area contributed by atoms with E-state index in [1.165, 1.54) is 0 Å². The molecule has 0 aromatic heterocycles. The third-order valence-corrected chi connectivity index (χ3v) is 3.85. The first-order chi connectivity index (χ1) is 9.63. The van der Waals surface area contributed by atoms with E-state index in [1.807, 2.05) is 36.4 Å². The van der Waals surface area contributed by atoms with Gasteiger partial charge < -0.3 is 11.1 Å². The van der Waals surface area contributed by atoms with Crippen LogP contribution in [0.3, 0.4) is 0 Å². The maximum absolute atomic E-state index is 11.8. The number of nitrogens with two attached hydrogens (primary N) is 1. The molecule has 0 heterocycles. The molecule has 3 nitrogen and oxygen atoms in total. The van der Waals surface area contributed by atoms with Crippen molar-refractivity contribution in [3.8, 4) is 0 Å². The molecule has 0 aliphatic heterocycles. The Morgan fingerprint density at radius 1 is 1.20 bits per heavy atom. The van der Waals surface area contributed by atoms with Crippen molar-refractivity contribution in [2.24, 2.45) is 0 Å². The molecule has 1 amide bonds. The zero-order valence-electron chi connectivity index (χ0n) is 10.8. The van der Waals surface area contributed by atoms with E-state index in [0.29, 0.717) is 17.1 Å². The molecule has 0 bridgehead atoms. The summed E-state index contributed by atoms with van der Waals surface area (Å²) in [5.74, 6) is 0.701. The molecule has 3 N–H and O–H groups in total. The maximum Gasteiger partial charge on any atom is 0.225 e. The first-order valence-corrected chi connectivity index (χ1v) is 7.53.